The number of aliphatic hydroxyl groups excluding tert-OH is 1. The second-order valence-electron chi connectivity index (χ2n) is 5.48. The van der Waals surface area contributed by atoms with E-state index in [9.17, 15) is 12.8 Å². The Morgan fingerprint density at radius 1 is 1.48 bits per heavy atom. The van der Waals surface area contributed by atoms with Crippen LogP contribution in [0.15, 0.2) is 21.5 Å². The standard InChI is InChI=1S/C13H17BrFNO3S2/c1-13(2)8-16(3-4-20-13)21(18,19)11-6-10(14)5-9(7-17)12(11)15/h5-6,17H,3-4,7-8H2,1-2H3. The number of halogens is 2. The smallest absolute Gasteiger partial charge is 0.246 e. The highest BCUT2D eigenvalue weighted by Crippen LogP contribution is 2.34. The zero-order chi connectivity index (χ0) is 15.8. The van der Waals surface area contributed by atoms with Crippen molar-refractivity contribution < 1.29 is 17.9 Å². The molecule has 1 saturated heterocycles. The molecule has 1 aliphatic heterocycles. The summed E-state index contributed by atoms with van der Waals surface area (Å²) in [4.78, 5) is -0.386. The van der Waals surface area contributed by atoms with Gasteiger partial charge in [0.1, 0.15) is 10.7 Å². The van der Waals surface area contributed by atoms with Crippen LogP contribution in [-0.4, -0.2) is 41.4 Å². The quantitative estimate of drug-likeness (QED) is 0.851. The molecule has 1 aliphatic rings. The van der Waals surface area contributed by atoms with Crippen molar-refractivity contribution in [2.45, 2.75) is 30.1 Å². The van der Waals surface area contributed by atoms with E-state index in [1.54, 1.807) is 11.8 Å². The van der Waals surface area contributed by atoms with E-state index in [1.165, 1.54) is 16.4 Å². The van der Waals surface area contributed by atoms with Gasteiger partial charge < -0.3 is 5.11 Å². The van der Waals surface area contributed by atoms with Gasteiger partial charge in [0.2, 0.25) is 10.0 Å². The van der Waals surface area contributed by atoms with Crippen LogP contribution >= 0.6 is 27.7 Å². The average molecular weight is 398 g/mol. The minimum Gasteiger partial charge on any atom is -0.392 e. The molecule has 1 heterocycles. The monoisotopic (exact) mass is 397 g/mol. The molecule has 0 aromatic heterocycles. The highest BCUT2D eigenvalue weighted by molar-refractivity contribution is 9.10. The lowest BCUT2D eigenvalue weighted by atomic mass is 10.2. The molecule has 21 heavy (non-hydrogen) atoms. The lowest BCUT2D eigenvalue weighted by Crippen LogP contribution is -2.46. The van der Waals surface area contributed by atoms with Crippen LogP contribution < -0.4 is 0 Å². The molecule has 0 bridgehead atoms. The molecule has 1 fully saturated rings. The van der Waals surface area contributed by atoms with Crippen LogP contribution in [0.25, 0.3) is 0 Å². The highest BCUT2D eigenvalue weighted by Gasteiger charge is 2.36. The fraction of sp³-hybridized carbons (Fsp3) is 0.538. The van der Waals surface area contributed by atoms with Gasteiger partial charge >= 0.3 is 0 Å². The number of hydrogen-bond donors (Lipinski definition) is 1. The van der Waals surface area contributed by atoms with Gasteiger partial charge in [-0.05, 0) is 26.0 Å². The summed E-state index contributed by atoms with van der Waals surface area (Å²) in [5.41, 5.74) is -0.0337. The van der Waals surface area contributed by atoms with Crippen LogP contribution in [0.5, 0.6) is 0 Å². The second-order valence-corrected chi connectivity index (χ2v) is 10.1. The zero-order valence-electron chi connectivity index (χ0n) is 11.8. The number of hydrogen-bond acceptors (Lipinski definition) is 4. The van der Waals surface area contributed by atoms with Gasteiger partial charge in [-0.1, -0.05) is 15.9 Å². The van der Waals surface area contributed by atoms with Crippen LogP contribution in [0, 0.1) is 5.82 Å². The first-order valence-corrected chi connectivity index (χ1v) is 9.62. The van der Waals surface area contributed by atoms with Crippen LogP contribution in [0.3, 0.4) is 0 Å². The number of sulfonamides is 1. The predicted molar refractivity (Wildman–Crippen MR) is 85.3 cm³/mol. The van der Waals surface area contributed by atoms with E-state index in [4.69, 9.17) is 5.11 Å². The molecule has 118 valence electrons. The Balaban J connectivity index is 2.47. The summed E-state index contributed by atoms with van der Waals surface area (Å²) < 4.78 is 41.2. The molecule has 1 N–H and O–H groups in total. The van der Waals surface area contributed by atoms with E-state index >= 15 is 0 Å². The lowest BCUT2D eigenvalue weighted by Gasteiger charge is -2.36. The van der Waals surface area contributed by atoms with E-state index in [2.05, 4.69) is 15.9 Å². The fourth-order valence-electron chi connectivity index (χ4n) is 2.24. The van der Waals surface area contributed by atoms with Crippen molar-refractivity contribution in [1.29, 1.82) is 0 Å². The molecule has 2 rings (SSSR count). The van der Waals surface area contributed by atoms with Crippen molar-refractivity contribution in [2.24, 2.45) is 0 Å². The maximum atomic E-state index is 14.3. The normalized spacial score (nSPS) is 19.7. The maximum absolute atomic E-state index is 14.3. The van der Waals surface area contributed by atoms with Gasteiger partial charge in [-0.3, -0.25) is 0 Å². The minimum atomic E-state index is -3.91. The molecule has 1 aromatic rings. The van der Waals surface area contributed by atoms with E-state index < -0.39 is 22.4 Å². The Labute approximate surface area is 136 Å². The van der Waals surface area contributed by atoms with Crippen molar-refractivity contribution in [1.82, 2.24) is 4.31 Å². The number of benzene rings is 1. The molecule has 0 atom stereocenters. The molecule has 4 nitrogen and oxygen atoms in total. The van der Waals surface area contributed by atoms with Gasteiger partial charge in [0.25, 0.3) is 0 Å². The molecule has 0 saturated carbocycles. The lowest BCUT2D eigenvalue weighted by molar-refractivity contribution is 0.274. The molecular weight excluding hydrogens is 381 g/mol. The Bertz CT molecular complexity index is 649. The molecule has 0 amide bonds. The van der Waals surface area contributed by atoms with Gasteiger partial charge in [0, 0.05) is 33.6 Å². The van der Waals surface area contributed by atoms with Crippen molar-refractivity contribution in [3.05, 3.63) is 28.0 Å². The Kier molecular flexibility index (Phi) is 5.04. The summed E-state index contributed by atoms with van der Waals surface area (Å²) >= 11 is 4.86. The molecule has 0 radical (unpaired) electrons. The van der Waals surface area contributed by atoms with Crippen LogP contribution in [0.4, 0.5) is 4.39 Å². The minimum absolute atomic E-state index is 0.0337. The predicted octanol–water partition coefficient (Wildman–Crippen LogP) is 2.60. The summed E-state index contributed by atoms with van der Waals surface area (Å²) in [5, 5.41) is 9.15. The summed E-state index contributed by atoms with van der Waals surface area (Å²) in [6.07, 6.45) is 0. The Morgan fingerprint density at radius 3 is 2.71 bits per heavy atom. The van der Waals surface area contributed by atoms with Gasteiger partial charge in [-0.2, -0.15) is 16.1 Å². The number of thioether (sulfide) groups is 1. The number of rotatable bonds is 3. The summed E-state index contributed by atoms with van der Waals surface area (Å²) in [5.74, 6) is -0.203. The molecule has 1 aromatic carbocycles. The number of nitrogens with zero attached hydrogens (tertiary/aromatic N) is 1. The first kappa shape index (κ1) is 17.2. The average Bonchev–Trinajstić information content (AvgIpc) is 2.39. The zero-order valence-corrected chi connectivity index (χ0v) is 15.0. The van der Waals surface area contributed by atoms with Crippen molar-refractivity contribution in [3.8, 4) is 0 Å². The van der Waals surface area contributed by atoms with Crippen molar-refractivity contribution in [3.63, 3.8) is 0 Å². The van der Waals surface area contributed by atoms with Gasteiger partial charge in [-0.25, -0.2) is 12.8 Å². The molecular formula is C13H17BrFNO3S2. The summed E-state index contributed by atoms with van der Waals surface area (Å²) in [6, 6.07) is 2.63. The van der Waals surface area contributed by atoms with Gasteiger partial charge in [-0.15, -0.1) is 0 Å². The van der Waals surface area contributed by atoms with Gasteiger partial charge in [0.15, 0.2) is 0 Å². The topological polar surface area (TPSA) is 57.6 Å². The SMILES string of the molecule is CC1(C)CN(S(=O)(=O)c2cc(Br)cc(CO)c2F)CCS1. The third kappa shape index (κ3) is 3.61. The van der Waals surface area contributed by atoms with Crippen molar-refractivity contribution >= 4 is 37.7 Å². The molecule has 0 spiro atoms. The third-order valence-electron chi connectivity index (χ3n) is 3.26. The van der Waals surface area contributed by atoms with Crippen LogP contribution in [-0.2, 0) is 16.6 Å². The molecule has 0 aliphatic carbocycles. The molecule has 8 heteroatoms. The first-order chi connectivity index (χ1) is 9.67. The van der Waals surface area contributed by atoms with Crippen LogP contribution in [0.1, 0.15) is 19.4 Å². The second kappa shape index (κ2) is 6.16. The summed E-state index contributed by atoms with van der Waals surface area (Å²) in [7, 11) is -3.91. The van der Waals surface area contributed by atoms with Crippen molar-refractivity contribution in [2.75, 3.05) is 18.8 Å². The maximum Gasteiger partial charge on any atom is 0.246 e. The van der Waals surface area contributed by atoms with E-state index in [1.807, 2.05) is 13.8 Å². The summed E-state index contributed by atoms with van der Waals surface area (Å²) in [6.45, 7) is 4.08. The largest absolute Gasteiger partial charge is 0.392 e. The third-order valence-corrected chi connectivity index (χ3v) is 6.86. The van der Waals surface area contributed by atoms with Gasteiger partial charge in [0.05, 0.1) is 6.61 Å². The van der Waals surface area contributed by atoms with E-state index in [-0.39, 0.29) is 15.2 Å². The first-order valence-electron chi connectivity index (χ1n) is 6.40. The van der Waals surface area contributed by atoms with Crippen LogP contribution in [0.2, 0.25) is 0 Å². The van der Waals surface area contributed by atoms with E-state index in [0.717, 1.165) is 0 Å². The Hall–Kier alpha value is -0.150. The molecule has 0 unspecified atom stereocenters. The van der Waals surface area contributed by atoms with E-state index in [0.29, 0.717) is 23.3 Å². The fourth-order valence-corrected chi connectivity index (χ4v) is 5.94. The Morgan fingerprint density at radius 2 is 2.14 bits per heavy atom. The highest BCUT2D eigenvalue weighted by atomic mass is 79.9. The number of aliphatic hydroxyl groups is 1.